The van der Waals surface area contributed by atoms with E-state index in [9.17, 15) is 9.59 Å². The standard InChI is InChI=1S/C16H24N2O4/c1-11(15(19)21-3)12(9-17-2)5-7-14-8-6-13(10-18-14)16(20)22-4/h9,13-14,18H,1-2,5-8,10H2,3-4H3/b12-9-. The average Bonchev–Trinajstić information content (AvgIpc) is 2.56. The van der Waals surface area contributed by atoms with Gasteiger partial charge in [-0.3, -0.25) is 9.79 Å². The predicted octanol–water partition coefficient (Wildman–Crippen LogP) is 1.62. The minimum absolute atomic E-state index is 0.0730. The fraction of sp³-hybridized carbons (Fsp3) is 0.562. The zero-order valence-corrected chi connectivity index (χ0v) is 13.3. The largest absolute Gasteiger partial charge is 0.469 e. The number of hydrogen-bond acceptors (Lipinski definition) is 6. The molecule has 1 heterocycles. The zero-order valence-electron chi connectivity index (χ0n) is 13.3. The number of carbonyl (C=O) groups excluding carboxylic acids is 2. The molecule has 2 atom stereocenters. The van der Waals surface area contributed by atoms with Crippen molar-refractivity contribution in [1.82, 2.24) is 5.32 Å². The molecule has 1 aliphatic heterocycles. The average molecular weight is 308 g/mol. The molecule has 1 saturated heterocycles. The van der Waals surface area contributed by atoms with Crippen LogP contribution in [0.3, 0.4) is 0 Å². The molecule has 0 radical (unpaired) electrons. The van der Waals surface area contributed by atoms with Gasteiger partial charge in [0.1, 0.15) is 0 Å². The second-order valence-electron chi connectivity index (χ2n) is 5.25. The molecule has 0 bridgehead atoms. The van der Waals surface area contributed by atoms with Crippen molar-refractivity contribution in [3.63, 3.8) is 0 Å². The third kappa shape index (κ3) is 5.11. The van der Waals surface area contributed by atoms with Gasteiger partial charge in [0.15, 0.2) is 0 Å². The van der Waals surface area contributed by atoms with Crippen molar-refractivity contribution in [3.8, 4) is 0 Å². The van der Waals surface area contributed by atoms with Gasteiger partial charge in [0.2, 0.25) is 0 Å². The molecular weight excluding hydrogens is 284 g/mol. The zero-order chi connectivity index (χ0) is 16.5. The number of hydrogen-bond donors (Lipinski definition) is 1. The van der Waals surface area contributed by atoms with Crippen molar-refractivity contribution in [1.29, 1.82) is 0 Å². The molecule has 0 aliphatic carbocycles. The number of piperidine rings is 1. The van der Waals surface area contributed by atoms with E-state index < -0.39 is 5.97 Å². The first-order chi connectivity index (χ1) is 10.5. The molecule has 0 saturated carbocycles. The molecule has 6 nitrogen and oxygen atoms in total. The van der Waals surface area contributed by atoms with E-state index in [1.807, 2.05) is 0 Å². The lowest BCUT2D eigenvalue weighted by Gasteiger charge is -2.28. The van der Waals surface area contributed by atoms with Crippen LogP contribution in [0, 0.1) is 5.92 Å². The van der Waals surface area contributed by atoms with Gasteiger partial charge in [-0.2, -0.15) is 0 Å². The van der Waals surface area contributed by atoms with Crippen LogP contribution in [0.1, 0.15) is 25.7 Å². The summed E-state index contributed by atoms with van der Waals surface area (Å²) in [7, 11) is 2.73. The quantitative estimate of drug-likeness (QED) is 0.335. The first-order valence-electron chi connectivity index (χ1n) is 7.27. The lowest BCUT2D eigenvalue weighted by Crippen LogP contribution is -2.42. The van der Waals surface area contributed by atoms with Crippen molar-refractivity contribution in [2.24, 2.45) is 10.9 Å². The van der Waals surface area contributed by atoms with Crippen molar-refractivity contribution in [2.75, 3.05) is 20.8 Å². The number of ether oxygens (including phenoxy) is 2. The highest BCUT2D eigenvalue weighted by atomic mass is 16.5. The van der Waals surface area contributed by atoms with Gasteiger partial charge in [0.05, 0.1) is 25.7 Å². The van der Waals surface area contributed by atoms with Crippen LogP contribution < -0.4 is 5.32 Å². The maximum Gasteiger partial charge on any atom is 0.337 e. The maximum absolute atomic E-state index is 11.5. The predicted molar refractivity (Wildman–Crippen MR) is 84.6 cm³/mol. The van der Waals surface area contributed by atoms with Crippen molar-refractivity contribution < 1.29 is 19.1 Å². The summed E-state index contributed by atoms with van der Waals surface area (Å²) < 4.78 is 9.43. The lowest BCUT2D eigenvalue weighted by atomic mass is 9.91. The Morgan fingerprint density at radius 3 is 2.55 bits per heavy atom. The Labute approximate surface area is 131 Å². The molecule has 1 fully saturated rings. The topological polar surface area (TPSA) is 77.0 Å². The minimum atomic E-state index is -0.461. The second-order valence-corrected chi connectivity index (χ2v) is 5.25. The number of esters is 2. The molecule has 6 heteroatoms. The third-order valence-electron chi connectivity index (χ3n) is 3.88. The van der Waals surface area contributed by atoms with E-state index >= 15 is 0 Å². The van der Waals surface area contributed by atoms with Gasteiger partial charge in [-0.05, 0) is 38.0 Å². The number of nitrogens with zero attached hydrogens (tertiary/aromatic N) is 1. The van der Waals surface area contributed by atoms with Crippen LogP contribution in [0.2, 0.25) is 0 Å². The molecule has 22 heavy (non-hydrogen) atoms. The molecule has 1 N–H and O–H groups in total. The number of nitrogens with one attached hydrogen (secondary N) is 1. The number of methoxy groups -OCH3 is 2. The van der Waals surface area contributed by atoms with E-state index in [-0.39, 0.29) is 11.9 Å². The van der Waals surface area contributed by atoms with Gasteiger partial charge in [-0.1, -0.05) is 6.58 Å². The van der Waals surface area contributed by atoms with E-state index in [0.717, 1.165) is 24.8 Å². The molecule has 0 spiro atoms. The van der Waals surface area contributed by atoms with Crippen LogP contribution in [-0.4, -0.2) is 45.5 Å². The first-order valence-corrected chi connectivity index (χ1v) is 7.27. The van der Waals surface area contributed by atoms with Gasteiger partial charge in [-0.25, -0.2) is 4.79 Å². The van der Waals surface area contributed by atoms with Crippen molar-refractivity contribution in [3.05, 3.63) is 23.9 Å². The Bertz CT molecular complexity index is 463. The van der Waals surface area contributed by atoms with Gasteiger partial charge in [0, 0.05) is 18.8 Å². The Morgan fingerprint density at radius 2 is 2.05 bits per heavy atom. The van der Waals surface area contributed by atoms with Crippen molar-refractivity contribution >= 4 is 18.7 Å². The minimum Gasteiger partial charge on any atom is -0.469 e. The number of rotatable bonds is 7. The molecular formula is C16H24N2O4. The lowest BCUT2D eigenvalue weighted by molar-refractivity contribution is -0.146. The Hall–Kier alpha value is -1.95. The maximum atomic E-state index is 11.5. The monoisotopic (exact) mass is 308 g/mol. The molecule has 1 rings (SSSR count). The van der Waals surface area contributed by atoms with E-state index in [0.29, 0.717) is 24.6 Å². The summed E-state index contributed by atoms with van der Waals surface area (Å²) in [5, 5.41) is 3.34. The SMILES string of the molecule is C=N/C=C(/CCC1CCC(C(=O)OC)CN1)C(=C)C(=O)OC. The van der Waals surface area contributed by atoms with Gasteiger partial charge in [0.25, 0.3) is 0 Å². The van der Waals surface area contributed by atoms with Gasteiger partial charge in [-0.15, -0.1) is 0 Å². The van der Waals surface area contributed by atoms with Gasteiger partial charge >= 0.3 is 11.9 Å². The molecule has 2 unspecified atom stereocenters. The molecule has 0 amide bonds. The smallest absolute Gasteiger partial charge is 0.337 e. The highest BCUT2D eigenvalue weighted by molar-refractivity contribution is 5.92. The molecule has 0 aromatic heterocycles. The second kappa shape index (κ2) is 9.15. The fourth-order valence-corrected chi connectivity index (χ4v) is 2.52. The summed E-state index contributed by atoms with van der Waals surface area (Å²) in [5.41, 5.74) is 1.02. The van der Waals surface area contributed by atoms with Crippen LogP contribution in [0.15, 0.2) is 28.9 Å². The Kier molecular flexibility index (Phi) is 7.52. The molecule has 0 aromatic carbocycles. The highest BCUT2D eigenvalue weighted by Gasteiger charge is 2.26. The van der Waals surface area contributed by atoms with Crippen LogP contribution in [0.4, 0.5) is 0 Å². The van der Waals surface area contributed by atoms with Crippen LogP contribution >= 0.6 is 0 Å². The third-order valence-corrected chi connectivity index (χ3v) is 3.88. The van der Waals surface area contributed by atoms with E-state index in [2.05, 4.69) is 28.3 Å². The van der Waals surface area contributed by atoms with Crippen LogP contribution in [0.25, 0.3) is 0 Å². The number of carbonyl (C=O) groups is 2. The normalized spacial score (nSPS) is 21.8. The van der Waals surface area contributed by atoms with Crippen LogP contribution in [0.5, 0.6) is 0 Å². The van der Waals surface area contributed by atoms with E-state index in [1.54, 1.807) is 6.20 Å². The summed E-state index contributed by atoms with van der Waals surface area (Å²) in [4.78, 5) is 26.7. The van der Waals surface area contributed by atoms with Gasteiger partial charge < -0.3 is 14.8 Å². The summed E-state index contributed by atoms with van der Waals surface area (Å²) in [6.45, 7) is 7.78. The van der Waals surface area contributed by atoms with Crippen molar-refractivity contribution in [2.45, 2.75) is 31.7 Å². The van der Waals surface area contributed by atoms with E-state index in [1.165, 1.54) is 14.2 Å². The highest BCUT2D eigenvalue weighted by Crippen LogP contribution is 2.22. The Morgan fingerprint density at radius 1 is 1.32 bits per heavy atom. The molecule has 122 valence electrons. The summed E-state index contributed by atoms with van der Waals surface area (Å²) in [5.74, 6) is -0.699. The molecule has 0 aromatic rings. The first kappa shape index (κ1) is 18.1. The fourth-order valence-electron chi connectivity index (χ4n) is 2.52. The Balaban J connectivity index is 2.49. The number of aliphatic imine (C=N–C) groups is 1. The molecule has 1 aliphatic rings. The summed E-state index contributed by atoms with van der Waals surface area (Å²) in [6.07, 6.45) is 4.71. The van der Waals surface area contributed by atoms with E-state index in [4.69, 9.17) is 4.74 Å². The summed E-state index contributed by atoms with van der Waals surface area (Å²) >= 11 is 0. The summed E-state index contributed by atoms with van der Waals surface area (Å²) in [6, 6.07) is 0.291. The van der Waals surface area contributed by atoms with Crippen LogP contribution in [-0.2, 0) is 19.1 Å².